The van der Waals surface area contributed by atoms with Gasteiger partial charge in [0.2, 0.25) is 0 Å². The first-order chi connectivity index (χ1) is 13.7. The van der Waals surface area contributed by atoms with E-state index in [-0.39, 0.29) is 5.91 Å². The molecular formula is C22H15BrN2O2S. The van der Waals surface area contributed by atoms with E-state index in [1.165, 1.54) is 11.8 Å². The molecule has 4 nitrogen and oxygen atoms in total. The Morgan fingerprint density at radius 3 is 2.50 bits per heavy atom. The van der Waals surface area contributed by atoms with Gasteiger partial charge in [-0.1, -0.05) is 42.5 Å². The van der Waals surface area contributed by atoms with E-state index in [1.54, 1.807) is 0 Å². The fraction of sp³-hybridized carbons (Fsp3) is 0. The fourth-order valence-corrected chi connectivity index (χ4v) is 3.78. The highest BCUT2D eigenvalue weighted by molar-refractivity contribution is 9.10. The van der Waals surface area contributed by atoms with Crippen LogP contribution in [-0.4, -0.2) is 11.1 Å². The molecule has 4 rings (SSSR count). The molecule has 1 fully saturated rings. The SMILES string of the molecule is O=C1NC(=Nc2ccccc2Br)S/C1=C/c1cccc(Oc2ccccc2)c1. The lowest BCUT2D eigenvalue weighted by Crippen LogP contribution is -2.19. The summed E-state index contributed by atoms with van der Waals surface area (Å²) in [5.41, 5.74) is 1.65. The van der Waals surface area contributed by atoms with Gasteiger partial charge in [-0.25, -0.2) is 4.99 Å². The summed E-state index contributed by atoms with van der Waals surface area (Å²) in [6.07, 6.45) is 1.83. The quantitative estimate of drug-likeness (QED) is 0.486. The highest BCUT2D eigenvalue weighted by Gasteiger charge is 2.24. The minimum Gasteiger partial charge on any atom is -0.457 e. The van der Waals surface area contributed by atoms with Crippen LogP contribution < -0.4 is 10.1 Å². The van der Waals surface area contributed by atoms with Crippen LogP contribution in [0.1, 0.15) is 5.56 Å². The van der Waals surface area contributed by atoms with Crippen LogP contribution in [0, 0.1) is 0 Å². The zero-order chi connectivity index (χ0) is 19.3. The first-order valence-electron chi connectivity index (χ1n) is 8.54. The summed E-state index contributed by atoms with van der Waals surface area (Å²) in [6, 6.07) is 24.8. The number of halogens is 1. The predicted molar refractivity (Wildman–Crippen MR) is 118 cm³/mol. The van der Waals surface area contributed by atoms with Crippen LogP contribution >= 0.6 is 27.7 Å². The lowest BCUT2D eigenvalue weighted by Gasteiger charge is -2.06. The number of nitrogens with zero attached hydrogens (tertiary/aromatic N) is 1. The van der Waals surface area contributed by atoms with Crippen molar-refractivity contribution in [2.75, 3.05) is 0 Å². The molecule has 0 aliphatic carbocycles. The molecule has 1 aliphatic heterocycles. The van der Waals surface area contributed by atoms with Crippen LogP contribution in [-0.2, 0) is 4.79 Å². The van der Waals surface area contributed by atoms with Crippen molar-refractivity contribution in [3.05, 3.63) is 93.8 Å². The summed E-state index contributed by atoms with van der Waals surface area (Å²) in [5, 5.41) is 3.36. The third kappa shape index (κ3) is 4.52. The fourth-order valence-electron chi connectivity index (χ4n) is 2.58. The van der Waals surface area contributed by atoms with E-state index >= 15 is 0 Å². The molecule has 138 valence electrons. The van der Waals surface area contributed by atoms with Gasteiger partial charge in [0.25, 0.3) is 5.91 Å². The van der Waals surface area contributed by atoms with Crippen molar-refractivity contribution < 1.29 is 9.53 Å². The molecule has 1 heterocycles. The van der Waals surface area contributed by atoms with Crippen molar-refractivity contribution >= 4 is 50.5 Å². The molecule has 28 heavy (non-hydrogen) atoms. The highest BCUT2D eigenvalue weighted by Crippen LogP contribution is 2.31. The van der Waals surface area contributed by atoms with Gasteiger partial charge in [-0.2, -0.15) is 0 Å². The molecule has 0 spiro atoms. The molecule has 3 aromatic carbocycles. The number of hydrogen-bond donors (Lipinski definition) is 1. The molecule has 3 aromatic rings. The van der Waals surface area contributed by atoms with Crippen molar-refractivity contribution in [1.29, 1.82) is 0 Å². The van der Waals surface area contributed by atoms with Gasteiger partial charge in [-0.15, -0.1) is 0 Å². The van der Waals surface area contributed by atoms with Crippen molar-refractivity contribution in [1.82, 2.24) is 5.32 Å². The van der Waals surface area contributed by atoms with Crippen molar-refractivity contribution in [3.63, 3.8) is 0 Å². The molecule has 1 aliphatic rings. The zero-order valence-electron chi connectivity index (χ0n) is 14.6. The molecular weight excluding hydrogens is 436 g/mol. The van der Waals surface area contributed by atoms with Gasteiger partial charge in [0.1, 0.15) is 11.5 Å². The molecule has 1 N–H and O–H groups in total. The largest absolute Gasteiger partial charge is 0.457 e. The molecule has 0 unspecified atom stereocenters. The van der Waals surface area contributed by atoms with Gasteiger partial charge in [-0.05, 0) is 75.7 Å². The summed E-state index contributed by atoms with van der Waals surface area (Å²) in [6.45, 7) is 0. The van der Waals surface area contributed by atoms with Gasteiger partial charge < -0.3 is 10.1 Å². The summed E-state index contributed by atoms with van der Waals surface area (Å²) in [4.78, 5) is 17.4. The number of carbonyl (C=O) groups excluding carboxylic acids is 1. The average molecular weight is 451 g/mol. The van der Waals surface area contributed by atoms with Crippen LogP contribution in [0.2, 0.25) is 0 Å². The van der Waals surface area contributed by atoms with Gasteiger partial charge in [0.05, 0.1) is 10.6 Å². The Morgan fingerprint density at radius 2 is 1.68 bits per heavy atom. The van der Waals surface area contributed by atoms with E-state index in [9.17, 15) is 4.79 Å². The Bertz CT molecular complexity index is 1080. The molecule has 0 saturated carbocycles. The van der Waals surface area contributed by atoms with Crippen LogP contribution in [0.4, 0.5) is 5.69 Å². The number of benzene rings is 3. The van der Waals surface area contributed by atoms with E-state index in [2.05, 4.69) is 26.2 Å². The Kier molecular flexibility index (Phi) is 5.60. The van der Waals surface area contributed by atoms with Crippen molar-refractivity contribution in [3.8, 4) is 11.5 Å². The maximum absolute atomic E-state index is 12.3. The van der Waals surface area contributed by atoms with Gasteiger partial charge >= 0.3 is 0 Å². The van der Waals surface area contributed by atoms with Gasteiger partial charge in [0.15, 0.2) is 5.17 Å². The number of hydrogen-bond acceptors (Lipinski definition) is 4. The maximum atomic E-state index is 12.3. The number of amides is 1. The monoisotopic (exact) mass is 450 g/mol. The van der Waals surface area contributed by atoms with E-state index < -0.39 is 0 Å². The van der Waals surface area contributed by atoms with Gasteiger partial charge in [0, 0.05) is 4.47 Å². The minimum atomic E-state index is -0.162. The van der Waals surface area contributed by atoms with Crippen LogP contribution in [0.3, 0.4) is 0 Å². The number of nitrogens with one attached hydrogen (secondary N) is 1. The molecule has 1 amide bonds. The Labute approximate surface area is 175 Å². The summed E-state index contributed by atoms with van der Waals surface area (Å²) in [5.74, 6) is 1.32. The standard InChI is InChI=1S/C22H15BrN2O2S/c23-18-11-4-5-12-19(18)24-22-25-21(26)20(28-22)14-15-7-6-10-17(13-15)27-16-8-2-1-3-9-16/h1-14H,(H,24,25,26)/b20-14+. The smallest absolute Gasteiger partial charge is 0.264 e. The second kappa shape index (κ2) is 8.46. The molecule has 0 aromatic heterocycles. The number of aliphatic imine (C=N–C) groups is 1. The van der Waals surface area contributed by atoms with E-state index in [0.29, 0.717) is 15.8 Å². The molecule has 6 heteroatoms. The number of para-hydroxylation sites is 2. The number of rotatable bonds is 4. The Balaban J connectivity index is 1.54. The third-order valence-electron chi connectivity index (χ3n) is 3.86. The average Bonchev–Trinajstić information content (AvgIpc) is 3.04. The van der Waals surface area contributed by atoms with E-state index in [4.69, 9.17) is 4.74 Å². The second-order valence-electron chi connectivity index (χ2n) is 5.92. The highest BCUT2D eigenvalue weighted by atomic mass is 79.9. The van der Waals surface area contributed by atoms with Crippen LogP contribution in [0.5, 0.6) is 11.5 Å². The molecule has 0 atom stereocenters. The predicted octanol–water partition coefficient (Wildman–Crippen LogP) is 6.13. The van der Waals surface area contributed by atoms with Crippen LogP contribution in [0.15, 0.2) is 93.2 Å². The topological polar surface area (TPSA) is 50.7 Å². The minimum absolute atomic E-state index is 0.162. The maximum Gasteiger partial charge on any atom is 0.264 e. The molecule has 0 bridgehead atoms. The summed E-state index contributed by atoms with van der Waals surface area (Å²) >= 11 is 4.78. The molecule has 0 radical (unpaired) electrons. The second-order valence-corrected chi connectivity index (χ2v) is 7.81. The third-order valence-corrected chi connectivity index (χ3v) is 5.44. The first kappa shape index (κ1) is 18.5. The Morgan fingerprint density at radius 1 is 0.929 bits per heavy atom. The normalized spacial score (nSPS) is 16.4. The van der Waals surface area contributed by atoms with E-state index in [1.807, 2.05) is 84.9 Å². The van der Waals surface area contributed by atoms with Gasteiger partial charge in [-0.3, -0.25) is 4.79 Å². The zero-order valence-corrected chi connectivity index (χ0v) is 17.0. The van der Waals surface area contributed by atoms with E-state index in [0.717, 1.165) is 21.5 Å². The lowest BCUT2D eigenvalue weighted by atomic mass is 10.2. The summed E-state index contributed by atoms with van der Waals surface area (Å²) in [7, 11) is 0. The first-order valence-corrected chi connectivity index (χ1v) is 10.2. The number of thioether (sulfide) groups is 1. The Hall–Kier alpha value is -2.83. The van der Waals surface area contributed by atoms with Crippen molar-refractivity contribution in [2.45, 2.75) is 0 Å². The number of ether oxygens (including phenoxy) is 1. The summed E-state index contributed by atoms with van der Waals surface area (Å²) < 4.78 is 6.73. The van der Waals surface area contributed by atoms with Crippen molar-refractivity contribution in [2.24, 2.45) is 4.99 Å². The van der Waals surface area contributed by atoms with Crippen LogP contribution in [0.25, 0.3) is 6.08 Å². The molecule has 1 saturated heterocycles. The number of amidine groups is 1. The lowest BCUT2D eigenvalue weighted by molar-refractivity contribution is -0.115. The number of carbonyl (C=O) groups is 1.